The van der Waals surface area contributed by atoms with Gasteiger partial charge in [-0.15, -0.1) is 11.3 Å². The summed E-state index contributed by atoms with van der Waals surface area (Å²) in [6, 6.07) is 16.8. The van der Waals surface area contributed by atoms with Crippen molar-refractivity contribution in [2.24, 2.45) is 0 Å². The minimum atomic E-state index is 0.276. The highest BCUT2D eigenvalue weighted by Crippen LogP contribution is 2.29. The van der Waals surface area contributed by atoms with Crippen molar-refractivity contribution in [1.29, 1.82) is 0 Å². The minimum absolute atomic E-state index is 0.276. The van der Waals surface area contributed by atoms with Crippen LogP contribution in [0.15, 0.2) is 53.9 Å². The predicted molar refractivity (Wildman–Crippen MR) is 101 cm³/mol. The normalized spacial score (nSPS) is 12.1. The van der Waals surface area contributed by atoms with Crippen LogP contribution in [-0.2, 0) is 6.61 Å². The second-order valence-electron chi connectivity index (χ2n) is 5.84. The third kappa shape index (κ3) is 3.83. The Morgan fingerprint density at radius 1 is 1.17 bits per heavy atom. The summed E-state index contributed by atoms with van der Waals surface area (Å²) in [6.07, 6.45) is 0. The van der Waals surface area contributed by atoms with Crippen LogP contribution in [0.3, 0.4) is 0 Å². The quantitative estimate of drug-likeness (QED) is 0.688. The van der Waals surface area contributed by atoms with Gasteiger partial charge in [0.2, 0.25) is 0 Å². The van der Waals surface area contributed by atoms with Crippen molar-refractivity contribution in [3.8, 4) is 17.0 Å². The van der Waals surface area contributed by atoms with Gasteiger partial charge in [0.1, 0.15) is 17.4 Å². The van der Waals surface area contributed by atoms with Crippen LogP contribution in [-0.4, -0.2) is 12.0 Å². The number of nitrogens with zero attached hydrogens (tertiary/aromatic N) is 1. The molecule has 0 saturated carbocycles. The largest absolute Gasteiger partial charge is 0.489 e. The first kappa shape index (κ1) is 16.7. The van der Waals surface area contributed by atoms with Crippen molar-refractivity contribution in [2.45, 2.75) is 26.5 Å². The van der Waals surface area contributed by atoms with E-state index >= 15 is 0 Å². The van der Waals surface area contributed by atoms with Gasteiger partial charge in [0.15, 0.2) is 0 Å². The van der Waals surface area contributed by atoms with Gasteiger partial charge in [-0.2, -0.15) is 0 Å². The van der Waals surface area contributed by atoms with Crippen molar-refractivity contribution < 1.29 is 4.74 Å². The summed E-state index contributed by atoms with van der Waals surface area (Å²) in [5.41, 5.74) is 4.45. The number of ether oxygens (including phenoxy) is 1. The molecule has 0 aliphatic heterocycles. The topological polar surface area (TPSA) is 34.2 Å². The Kier molecular flexibility index (Phi) is 5.28. The number of rotatable bonds is 6. The molecule has 0 amide bonds. The molecule has 0 bridgehead atoms. The Morgan fingerprint density at radius 3 is 2.67 bits per heavy atom. The fourth-order valence-corrected chi connectivity index (χ4v) is 3.34. The number of hydrogen-bond acceptors (Lipinski definition) is 4. The smallest absolute Gasteiger partial charge is 0.122 e. The van der Waals surface area contributed by atoms with E-state index in [2.05, 4.69) is 48.8 Å². The zero-order valence-electron chi connectivity index (χ0n) is 14.2. The molecule has 0 aliphatic rings. The Labute approximate surface area is 147 Å². The summed E-state index contributed by atoms with van der Waals surface area (Å²) >= 11 is 1.69. The van der Waals surface area contributed by atoms with Crippen molar-refractivity contribution in [1.82, 2.24) is 10.3 Å². The van der Waals surface area contributed by atoms with Gasteiger partial charge in [-0.25, -0.2) is 4.98 Å². The van der Waals surface area contributed by atoms with Gasteiger partial charge in [-0.3, -0.25) is 0 Å². The van der Waals surface area contributed by atoms with Gasteiger partial charge in [0, 0.05) is 10.9 Å². The van der Waals surface area contributed by atoms with E-state index in [1.807, 2.05) is 31.3 Å². The maximum absolute atomic E-state index is 5.95. The molecule has 0 fully saturated rings. The SMILES string of the molecule is CNC(C)c1nc(-c2ccc(OCc3ccccc3)c(C)c2)cs1. The fraction of sp³-hybridized carbons (Fsp3) is 0.250. The molecule has 1 aromatic heterocycles. The van der Waals surface area contributed by atoms with Crippen LogP contribution < -0.4 is 10.1 Å². The van der Waals surface area contributed by atoms with Gasteiger partial charge >= 0.3 is 0 Å². The molecule has 1 unspecified atom stereocenters. The van der Waals surface area contributed by atoms with Gasteiger partial charge in [0.05, 0.1) is 11.7 Å². The van der Waals surface area contributed by atoms with Crippen LogP contribution in [0, 0.1) is 6.92 Å². The van der Waals surface area contributed by atoms with Crippen molar-refractivity contribution in [3.05, 3.63) is 70.0 Å². The maximum Gasteiger partial charge on any atom is 0.122 e. The Hall–Kier alpha value is -2.17. The lowest BCUT2D eigenvalue weighted by Crippen LogP contribution is -2.11. The number of aryl methyl sites for hydroxylation is 1. The molecule has 24 heavy (non-hydrogen) atoms. The summed E-state index contributed by atoms with van der Waals surface area (Å²) in [6.45, 7) is 4.78. The van der Waals surface area contributed by atoms with Crippen LogP contribution in [0.5, 0.6) is 5.75 Å². The molecular weight excluding hydrogens is 316 g/mol. The van der Waals surface area contributed by atoms with Crippen molar-refractivity contribution >= 4 is 11.3 Å². The molecule has 1 N–H and O–H groups in total. The first-order chi connectivity index (χ1) is 11.7. The van der Waals surface area contributed by atoms with E-state index in [-0.39, 0.29) is 6.04 Å². The van der Waals surface area contributed by atoms with Crippen LogP contribution in [0.1, 0.15) is 29.1 Å². The lowest BCUT2D eigenvalue weighted by Gasteiger charge is -2.10. The lowest BCUT2D eigenvalue weighted by molar-refractivity contribution is 0.304. The average Bonchev–Trinajstić information content (AvgIpc) is 3.11. The predicted octanol–water partition coefficient (Wildman–Crippen LogP) is 4.98. The first-order valence-electron chi connectivity index (χ1n) is 8.08. The Balaban J connectivity index is 1.73. The molecule has 3 nitrogen and oxygen atoms in total. The molecule has 3 rings (SSSR count). The highest BCUT2D eigenvalue weighted by molar-refractivity contribution is 7.10. The zero-order chi connectivity index (χ0) is 16.9. The number of hydrogen-bond donors (Lipinski definition) is 1. The second-order valence-corrected chi connectivity index (χ2v) is 6.73. The van der Waals surface area contributed by atoms with Crippen LogP contribution in [0.2, 0.25) is 0 Å². The number of aromatic nitrogens is 1. The van der Waals surface area contributed by atoms with Gasteiger partial charge in [0.25, 0.3) is 0 Å². The van der Waals surface area contributed by atoms with E-state index in [9.17, 15) is 0 Å². The highest BCUT2D eigenvalue weighted by Gasteiger charge is 2.11. The molecule has 1 heterocycles. The number of thiazole rings is 1. The summed E-state index contributed by atoms with van der Waals surface area (Å²) < 4.78 is 5.95. The molecule has 0 saturated heterocycles. The molecule has 0 radical (unpaired) electrons. The van der Waals surface area contributed by atoms with Crippen LogP contribution in [0.25, 0.3) is 11.3 Å². The molecule has 3 aromatic rings. The average molecular weight is 338 g/mol. The monoisotopic (exact) mass is 338 g/mol. The molecule has 124 valence electrons. The fourth-order valence-electron chi connectivity index (χ4n) is 2.45. The first-order valence-corrected chi connectivity index (χ1v) is 8.96. The zero-order valence-corrected chi connectivity index (χ0v) is 15.1. The molecule has 0 spiro atoms. The van der Waals surface area contributed by atoms with Crippen molar-refractivity contribution in [3.63, 3.8) is 0 Å². The van der Waals surface area contributed by atoms with Gasteiger partial charge in [-0.1, -0.05) is 30.3 Å². The Bertz CT molecular complexity index is 798. The Morgan fingerprint density at radius 2 is 1.96 bits per heavy atom. The summed E-state index contributed by atoms with van der Waals surface area (Å²) in [5, 5.41) is 6.45. The van der Waals surface area contributed by atoms with Crippen molar-refractivity contribution in [2.75, 3.05) is 7.05 Å². The molecule has 1 atom stereocenters. The van der Waals surface area contributed by atoms with E-state index in [1.165, 1.54) is 5.56 Å². The molecule has 4 heteroatoms. The molecular formula is C20H22N2OS. The van der Waals surface area contributed by atoms with E-state index in [4.69, 9.17) is 9.72 Å². The standard InChI is InChI=1S/C20H22N2OS/c1-14-11-17(18-13-24-20(22-18)15(2)21-3)9-10-19(14)23-12-16-7-5-4-6-8-16/h4-11,13,15,21H,12H2,1-3H3. The third-order valence-electron chi connectivity index (χ3n) is 4.03. The summed E-state index contributed by atoms with van der Waals surface area (Å²) in [5.74, 6) is 0.918. The second kappa shape index (κ2) is 7.60. The number of benzene rings is 2. The molecule has 0 aliphatic carbocycles. The van der Waals surface area contributed by atoms with Crippen LogP contribution >= 0.6 is 11.3 Å². The summed E-state index contributed by atoms with van der Waals surface area (Å²) in [4.78, 5) is 4.73. The minimum Gasteiger partial charge on any atom is -0.489 e. The van der Waals surface area contributed by atoms with E-state index in [0.29, 0.717) is 6.61 Å². The van der Waals surface area contributed by atoms with Gasteiger partial charge in [-0.05, 0) is 50.2 Å². The van der Waals surface area contributed by atoms with Gasteiger partial charge < -0.3 is 10.1 Å². The molecule has 2 aromatic carbocycles. The lowest BCUT2D eigenvalue weighted by atomic mass is 10.1. The van der Waals surface area contributed by atoms with E-state index in [0.717, 1.165) is 27.6 Å². The van der Waals surface area contributed by atoms with E-state index < -0.39 is 0 Å². The maximum atomic E-state index is 5.95. The number of nitrogens with one attached hydrogen (secondary N) is 1. The van der Waals surface area contributed by atoms with Crippen LogP contribution in [0.4, 0.5) is 0 Å². The highest BCUT2D eigenvalue weighted by atomic mass is 32.1. The summed E-state index contributed by atoms with van der Waals surface area (Å²) in [7, 11) is 1.95. The third-order valence-corrected chi connectivity index (χ3v) is 5.06. The van der Waals surface area contributed by atoms with E-state index in [1.54, 1.807) is 11.3 Å².